The van der Waals surface area contributed by atoms with Gasteiger partial charge < -0.3 is 14.6 Å². The van der Waals surface area contributed by atoms with Gasteiger partial charge >= 0.3 is 0 Å². The first-order valence-electron chi connectivity index (χ1n) is 6.43. The van der Waals surface area contributed by atoms with Gasteiger partial charge in [0, 0.05) is 42.9 Å². The minimum absolute atomic E-state index is 0.243. The average Bonchev–Trinajstić information content (AvgIpc) is 3.02. The van der Waals surface area contributed by atoms with Gasteiger partial charge in [-0.2, -0.15) is 0 Å². The molecule has 0 saturated heterocycles. The first-order chi connectivity index (χ1) is 9.31. The Balaban J connectivity index is 1.43. The normalized spacial score (nSPS) is 17.2. The molecule has 19 heavy (non-hydrogen) atoms. The van der Waals surface area contributed by atoms with Gasteiger partial charge in [-0.15, -0.1) is 0 Å². The summed E-state index contributed by atoms with van der Waals surface area (Å²) in [6, 6.07) is 6.19. The molecule has 0 saturated carbocycles. The third kappa shape index (κ3) is 3.16. The van der Waals surface area contributed by atoms with E-state index in [0.717, 1.165) is 36.3 Å². The topological polar surface area (TPSA) is 39.1 Å². The van der Waals surface area contributed by atoms with Crippen molar-refractivity contribution >= 4 is 15.9 Å². The maximum atomic E-state index is 5.90. The summed E-state index contributed by atoms with van der Waals surface area (Å²) in [7, 11) is 0. The molecule has 1 aromatic heterocycles. The molecule has 2 aromatic rings. The van der Waals surface area contributed by atoms with Crippen molar-refractivity contribution in [1.82, 2.24) is 14.9 Å². The highest BCUT2D eigenvalue weighted by Crippen LogP contribution is 2.30. The Labute approximate surface area is 120 Å². The van der Waals surface area contributed by atoms with Crippen LogP contribution in [0.4, 0.5) is 0 Å². The van der Waals surface area contributed by atoms with Crippen LogP contribution in [-0.4, -0.2) is 28.7 Å². The van der Waals surface area contributed by atoms with E-state index in [-0.39, 0.29) is 6.10 Å². The van der Waals surface area contributed by atoms with Crippen LogP contribution in [0.3, 0.4) is 0 Å². The van der Waals surface area contributed by atoms with Crippen LogP contribution in [0.1, 0.15) is 5.56 Å². The summed E-state index contributed by atoms with van der Waals surface area (Å²) >= 11 is 3.49. The zero-order chi connectivity index (χ0) is 13.1. The molecule has 1 atom stereocenters. The summed E-state index contributed by atoms with van der Waals surface area (Å²) in [6.07, 6.45) is 6.83. The number of hydrogen-bond donors (Lipinski definition) is 1. The lowest BCUT2D eigenvalue weighted by molar-refractivity contribution is 0.227. The summed E-state index contributed by atoms with van der Waals surface area (Å²) in [6.45, 7) is 2.74. The largest absolute Gasteiger partial charge is 0.488 e. The van der Waals surface area contributed by atoms with Gasteiger partial charge in [0.25, 0.3) is 0 Å². The molecule has 4 nitrogen and oxygen atoms in total. The van der Waals surface area contributed by atoms with Gasteiger partial charge in [0.1, 0.15) is 11.9 Å². The van der Waals surface area contributed by atoms with E-state index in [1.807, 2.05) is 24.7 Å². The van der Waals surface area contributed by atoms with Crippen LogP contribution in [0.25, 0.3) is 0 Å². The summed E-state index contributed by atoms with van der Waals surface area (Å²) in [5.74, 6) is 1.02. The number of aromatic nitrogens is 2. The van der Waals surface area contributed by atoms with E-state index in [2.05, 4.69) is 36.9 Å². The summed E-state index contributed by atoms with van der Waals surface area (Å²) in [4.78, 5) is 4.02. The molecule has 1 N–H and O–H groups in total. The van der Waals surface area contributed by atoms with Crippen LogP contribution in [0, 0.1) is 0 Å². The first-order valence-corrected chi connectivity index (χ1v) is 7.22. The third-order valence-electron chi connectivity index (χ3n) is 3.24. The predicted molar refractivity (Wildman–Crippen MR) is 77.4 cm³/mol. The van der Waals surface area contributed by atoms with Gasteiger partial charge in [0.05, 0.1) is 6.33 Å². The summed E-state index contributed by atoms with van der Waals surface area (Å²) in [5, 5.41) is 3.43. The molecule has 1 unspecified atom stereocenters. The minimum Gasteiger partial charge on any atom is -0.488 e. The Bertz CT molecular complexity index is 542. The Morgan fingerprint density at radius 2 is 2.42 bits per heavy atom. The Morgan fingerprint density at radius 3 is 3.26 bits per heavy atom. The van der Waals surface area contributed by atoms with Gasteiger partial charge in [0.15, 0.2) is 0 Å². The number of halogens is 1. The Kier molecular flexibility index (Phi) is 3.84. The quantitative estimate of drug-likeness (QED) is 0.858. The second kappa shape index (κ2) is 5.75. The third-order valence-corrected chi connectivity index (χ3v) is 3.73. The van der Waals surface area contributed by atoms with E-state index in [9.17, 15) is 0 Å². The van der Waals surface area contributed by atoms with Gasteiger partial charge in [0.2, 0.25) is 0 Å². The van der Waals surface area contributed by atoms with Gasteiger partial charge in [-0.25, -0.2) is 4.98 Å². The number of nitrogens with zero attached hydrogens (tertiary/aromatic N) is 2. The van der Waals surface area contributed by atoms with Crippen molar-refractivity contribution in [2.24, 2.45) is 0 Å². The second-order valence-electron chi connectivity index (χ2n) is 4.70. The van der Waals surface area contributed by atoms with Crippen molar-refractivity contribution in [3.8, 4) is 5.75 Å². The number of fused-ring (bicyclic) bond motifs is 1. The molecule has 1 aliphatic heterocycles. The molecule has 0 fully saturated rings. The number of benzene rings is 1. The number of nitrogens with one attached hydrogen (secondary N) is 1. The number of rotatable bonds is 5. The molecule has 5 heteroatoms. The van der Waals surface area contributed by atoms with E-state index < -0.39 is 0 Å². The average molecular weight is 322 g/mol. The zero-order valence-corrected chi connectivity index (χ0v) is 12.1. The fraction of sp³-hybridized carbons (Fsp3) is 0.357. The maximum Gasteiger partial charge on any atom is 0.123 e. The molecule has 0 bridgehead atoms. The fourth-order valence-corrected chi connectivity index (χ4v) is 2.70. The highest BCUT2D eigenvalue weighted by molar-refractivity contribution is 9.10. The first kappa shape index (κ1) is 12.7. The lowest BCUT2D eigenvalue weighted by Gasteiger charge is -2.11. The Morgan fingerprint density at radius 1 is 1.47 bits per heavy atom. The van der Waals surface area contributed by atoms with E-state index >= 15 is 0 Å². The molecule has 0 aliphatic carbocycles. The van der Waals surface area contributed by atoms with Crippen LogP contribution < -0.4 is 10.1 Å². The van der Waals surface area contributed by atoms with Crippen LogP contribution in [0.15, 0.2) is 41.4 Å². The molecule has 100 valence electrons. The van der Waals surface area contributed by atoms with Crippen molar-refractivity contribution in [1.29, 1.82) is 0 Å². The van der Waals surface area contributed by atoms with Crippen molar-refractivity contribution in [2.75, 3.05) is 13.1 Å². The van der Waals surface area contributed by atoms with E-state index in [1.54, 1.807) is 6.20 Å². The molecular weight excluding hydrogens is 306 g/mol. The van der Waals surface area contributed by atoms with Gasteiger partial charge in [-0.3, -0.25) is 0 Å². The highest BCUT2D eigenvalue weighted by Gasteiger charge is 2.22. The lowest BCUT2D eigenvalue weighted by Crippen LogP contribution is -2.32. The van der Waals surface area contributed by atoms with Crippen LogP contribution in [0.2, 0.25) is 0 Å². The van der Waals surface area contributed by atoms with Crippen LogP contribution in [-0.2, 0) is 13.0 Å². The number of ether oxygens (including phenoxy) is 1. The minimum atomic E-state index is 0.243. The smallest absolute Gasteiger partial charge is 0.123 e. The molecule has 1 aliphatic rings. The molecule has 3 rings (SSSR count). The predicted octanol–water partition coefficient (Wildman–Crippen LogP) is 2.24. The maximum absolute atomic E-state index is 5.90. The van der Waals surface area contributed by atoms with E-state index in [1.165, 1.54) is 5.56 Å². The van der Waals surface area contributed by atoms with E-state index in [0.29, 0.717) is 0 Å². The molecule has 1 aromatic carbocycles. The van der Waals surface area contributed by atoms with Crippen molar-refractivity contribution < 1.29 is 4.74 Å². The number of imidazole rings is 1. The molecule has 2 heterocycles. The van der Waals surface area contributed by atoms with Crippen molar-refractivity contribution in [3.63, 3.8) is 0 Å². The molecule has 0 radical (unpaired) electrons. The lowest BCUT2D eigenvalue weighted by atomic mass is 10.1. The van der Waals surface area contributed by atoms with Gasteiger partial charge in [-0.1, -0.05) is 15.9 Å². The number of hydrogen-bond acceptors (Lipinski definition) is 3. The summed E-state index contributed by atoms with van der Waals surface area (Å²) < 4.78 is 9.07. The fourth-order valence-electron chi connectivity index (χ4n) is 2.29. The van der Waals surface area contributed by atoms with Crippen molar-refractivity contribution in [3.05, 3.63) is 47.0 Å². The zero-order valence-electron chi connectivity index (χ0n) is 10.6. The standard InChI is InChI=1S/C14H16BrN3O/c15-12-1-2-14-11(7-12)8-13(19-14)9-16-3-5-18-6-4-17-10-18/h1-2,4,6-7,10,13,16H,3,5,8-9H2. The molecule has 0 spiro atoms. The van der Waals surface area contributed by atoms with Crippen molar-refractivity contribution in [2.45, 2.75) is 19.1 Å². The monoisotopic (exact) mass is 321 g/mol. The van der Waals surface area contributed by atoms with E-state index in [4.69, 9.17) is 4.74 Å². The molecular formula is C14H16BrN3O. The van der Waals surface area contributed by atoms with Crippen LogP contribution >= 0.6 is 15.9 Å². The Hall–Kier alpha value is -1.33. The van der Waals surface area contributed by atoms with Gasteiger partial charge in [-0.05, 0) is 23.8 Å². The summed E-state index contributed by atoms with van der Waals surface area (Å²) in [5.41, 5.74) is 1.29. The SMILES string of the molecule is Brc1ccc2c(c1)CC(CNCCn1ccnc1)O2. The second-order valence-corrected chi connectivity index (χ2v) is 5.62. The molecule has 0 amide bonds. The van der Waals surface area contributed by atoms with Crippen LogP contribution in [0.5, 0.6) is 5.75 Å². The highest BCUT2D eigenvalue weighted by atomic mass is 79.9.